The van der Waals surface area contributed by atoms with Gasteiger partial charge in [-0.05, 0) is 63.6 Å². The van der Waals surface area contributed by atoms with Crippen LogP contribution in [0.1, 0.15) is 63.5 Å². The van der Waals surface area contributed by atoms with E-state index in [4.69, 9.17) is 14.7 Å². The minimum absolute atomic E-state index is 0.0121. The van der Waals surface area contributed by atoms with E-state index in [1.54, 1.807) is 25.7 Å². The molecule has 0 atom stereocenters. The number of carbonyl (C=O) groups is 1. The first-order valence-corrected chi connectivity index (χ1v) is 9.70. The van der Waals surface area contributed by atoms with Gasteiger partial charge in [-0.3, -0.25) is 0 Å². The molecule has 0 spiro atoms. The summed E-state index contributed by atoms with van der Waals surface area (Å²) in [5, 5.41) is 8.62. The van der Waals surface area contributed by atoms with Gasteiger partial charge in [-0.25, -0.2) is 4.79 Å². The number of nitriles is 1. The first-order valence-electron chi connectivity index (χ1n) is 9.70. The van der Waals surface area contributed by atoms with E-state index < -0.39 is 17.3 Å². The highest BCUT2D eigenvalue weighted by Gasteiger charge is 2.33. The van der Waals surface area contributed by atoms with Gasteiger partial charge in [0, 0.05) is 19.5 Å². The summed E-state index contributed by atoms with van der Waals surface area (Å²) in [7, 11) is 0. The normalized spacial score (nSPS) is 15.7. The molecule has 8 heteroatoms. The molecule has 1 aromatic carbocycles. The van der Waals surface area contributed by atoms with Crippen LogP contribution >= 0.6 is 0 Å². The van der Waals surface area contributed by atoms with Crippen molar-refractivity contribution >= 4 is 6.09 Å². The molecule has 0 aliphatic carbocycles. The zero-order valence-electron chi connectivity index (χ0n) is 17.0. The van der Waals surface area contributed by atoms with Gasteiger partial charge in [-0.2, -0.15) is 18.4 Å². The Kier molecular flexibility index (Phi) is 7.39. The maximum atomic E-state index is 13.1. The predicted octanol–water partition coefficient (Wildman–Crippen LogP) is 5.50. The Hall–Kier alpha value is -2.43. The van der Waals surface area contributed by atoms with Crippen molar-refractivity contribution in [2.24, 2.45) is 0 Å². The lowest BCUT2D eigenvalue weighted by Gasteiger charge is -2.34. The fourth-order valence-corrected chi connectivity index (χ4v) is 3.21. The van der Waals surface area contributed by atoms with Gasteiger partial charge >= 0.3 is 12.3 Å². The van der Waals surface area contributed by atoms with Crippen LogP contribution in [0.25, 0.3) is 0 Å². The van der Waals surface area contributed by atoms with Crippen LogP contribution in [-0.2, 0) is 10.9 Å². The molecule has 1 aromatic rings. The Morgan fingerprint density at radius 3 is 2.45 bits per heavy atom. The molecular weight excluding hydrogens is 385 g/mol. The van der Waals surface area contributed by atoms with Crippen molar-refractivity contribution in [1.29, 1.82) is 5.26 Å². The molecule has 1 aliphatic heterocycles. The molecule has 1 heterocycles. The molecule has 160 valence electrons. The Labute approximate surface area is 169 Å². The largest absolute Gasteiger partial charge is 0.493 e. The summed E-state index contributed by atoms with van der Waals surface area (Å²) in [5.74, 6) is 0.190. The van der Waals surface area contributed by atoms with E-state index in [0.717, 1.165) is 12.1 Å². The number of amides is 1. The molecule has 29 heavy (non-hydrogen) atoms. The summed E-state index contributed by atoms with van der Waals surface area (Å²) in [6.45, 7) is 6.52. The van der Waals surface area contributed by atoms with Gasteiger partial charge in [-0.15, -0.1) is 0 Å². The molecule has 5 nitrogen and oxygen atoms in total. The number of unbranched alkanes of at least 4 members (excludes halogenated alkanes) is 1. The third-order valence-corrected chi connectivity index (χ3v) is 4.62. The lowest BCUT2D eigenvalue weighted by Crippen LogP contribution is -2.41. The van der Waals surface area contributed by atoms with E-state index in [1.165, 1.54) is 6.07 Å². The lowest BCUT2D eigenvalue weighted by atomic mass is 9.88. The molecular formula is C21H27F3N2O3. The van der Waals surface area contributed by atoms with Gasteiger partial charge in [0.15, 0.2) is 0 Å². The number of alkyl halides is 3. The van der Waals surface area contributed by atoms with E-state index in [-0.39, 0.29) is 30.8 Å². The van der Waals surface area contributed by atoms with Gasteiger partial charge in [0.1, 0.15) is 11.4 Å². The highest BCUT2D eigenvalue weighted by Crippen LogP contribution is 2.39. The van der Waals surface area contributed by atoms with Crippen molar-refractivity contribution in [3.05, 3.63) is 29.3 Å². The molecule has 0 bridgehead atoms. The van der Waals surface area contributed by atoms with Crippen LogP contribution in [0.2, 0.25) is 0 Å². The van der Waals surface area contributed by atoms with E-state index >= 15 is 0 Å². The van der Waals surface area contributed by atoms with Crippen molar-refractivity contribution in [3.8, 4) is 11.8 Å². The smallest absolute Gasteiger partial charge is 0.416 e. The lowest BCUT2D eigenvalue weighted by molar-refractivity contribution is -0.137. The average molecular weight is 412 g/mol. The molecule has 0 aromatic heterocycles. The second-order valence-electron chi connectivity index (χ2n) is 8.10. The van der Waals surface area contributed by atoms with Crippen molar-refractivity contribution in [3.63, 3.8) is 0 Å². The third-order valence-electron chi connectivity index (χ3n) is 4.62. The number of likely N-dealkylation sites (tertiary alicyclic amines) is 1. The number of ether oxygens (including phenoxy) is 2. The van der Waals surface area contributed by atoms with Crippen LogP contribution in [0.4, 0.5) is 18.0 Å². The first kappa shape index (κ1) is 22.9. The predicted molar refractivity (Wildman–Crippen MR) is 102 cm³/mol. The number of halogens is 3. The highest BCUT2D eigenvalue weighted by molar-refractivity contribution is 5.68. The molecule has 0 radical (unpaired) electrons. The number of hydrogen-bond acceptors (Lipinski definition) is 4. The Balaban J connectivity index is 2.11. The molecule has 1 saturated heterocycles. The summed E-state index contributed by atoms with van der Waals surface area (Å²) < 4.78 is 50.3. The summed E-state index contributed by atoms with van der Waals surface area (Å²) in [5.41, 5.74) is -0.632. The SMILES string of the molecule is CC(C)(C)OC(=O)N1CCC(c2ccc(C(F)(F)F)cc2OCCCC#N)CC1. The number of benzene rings is 1. The Morgan fingerprint density at radius 1 is 1.24 bits per heavy atom. The zero-order chi connectivity index (χ0) is 21.7. The van der Waals surface area contributed by atoms with Gasteiger partial charge < -0.3 is 14.4 Å². The molecule has 0 saturated carbocycles. The topological polar surface area (TPSA) is 62.6 Å². The van der Waals surface area contributed by atoms with Crippen molar-refractivity contribution in [2.75, 3.05) is 19.7 Å². The Morgan fingerprint density at radius 2 is 1.90 bits per heavy atom. The van der Waals surface area contributed by atoms with Crippen molar-refractivity contribution < 1.29 is 27.4 Å². The average Bonchev–Trinajstić information content (AvgIpc) is 2.63. The second kappa shape index (κ2) is 9.38. The number of nitrogens with zero attached hydrogens (tertiary/aromatic N) is 2. The maximum absolute atomic E-state index is 13.1. The molecule has 1 amide bonds. The fraction of sp³-hybridized carbons (Fsp3) is 0.619. The highest BCUT2D eigenvalue weighted by atomic mass is 19.4. The first-order chi connectivity index (χ1) is 13.5. The van der Waals surface area contributed by atoms with E-state index in [2.05, 4.69) is 0 Å². The molecule has 1 aliphatic rings. The van der Waals surface area contributed by atoms with Crippen LogP contribution in [0.15, 0.2) is 18.2 Å². The summed E-state index contributed by atoms with van der Waals surface area (Å²) >= 11 is 0. The zero-order valence-corrected chi connectivity index (χ0v) is 17.0. The summed E-state index contributed by atoms with van der Waals surface area (Å²) in [6.07, 6.45) is -2.88. The van der Waals surface area contributed by atoms with E-state index in [0.29, 0.717) is 37.9 Å². The minimum atomic E-state index is -4.45. The quantitative estimate of drug-likeness (QED) is 0.599. The van der Waals surface area contributed by atoms with Gasteiger partial charge in [0.25, 0.3) is 0 Å². The molecule has 2 rings (SSSR count). The van der Waals surface area contributed by atoms with E-state index in [1.807, 2.05) is 6.07 Å². The van der Waals surface area contributed by atoms with Crippen molar-refractivity contribution in [1.82, 2.24) is 4.90 Å². The second-order valence-corrected chi connectivity index (χ2v) is 8.10. The summed E-state index contributed by atoms with van der Waals surface area (Å²) in [6, 6.07) is 5.56. The van der Waals surface area contributed by atoms with Crippen LogP contribution in [-0.4, -0.2) is 36.3 Å². The number of hydrogen-bond donors (Lipinski definition) is 0. The number of piperidine rings is 1. The van der Waals surface area contributed by atoms with Crippen LogP contribution in [0, 0.1) is 11.3 Å². The molecule has 0 unspecified atom stereocenters. The minimum Gasteiger partial charge on any atom is -0.493 e. The van der Waals surface area contributed by atoms with Crippen molar-refractivity contribution in [2.45, 2.75) is 64.1 Å². The van der Waals surface area contributed by atoms with Crippen LogP contribution in [0.5, 0.6) is 5.75 Å². The standard InChI is InChI=1S/C21H27F3N2O3/c1-20(2,3)29-19(27)26-11-8-15(9-12-26)17-7-6-16(21(22,23)24)14-18(17)28-13-5-4-10-25/h6-7,14-15H,4-5,8-9,11-13H2,1-3H3. The maximum Gasteiger partial charge on any atom is 0.416 e. The third kappa shape index (κ3) is 6.84. The van der Waals surface area contributed by atoms with Crippen LogP contribution in [0.3, 0.4) is 0 Å². The number of rotatable bonds is 5. The molecule has 0 N–H and O–H groups in total. The fourth-order valence-electron chi connectivity index (χ4n) is 3.21. The van der Waals surface area contributed by atoms with Gasteiger partial charge in [-0.1, -0.05) is 6.07 Å². The van der Waals surface area contributed by atoms with E-state index in [9.17, 15) is 18.0 Å². The summed E-state index contributed by atoms with van der Waals surface area (Å²) in [4.78, 5) is 13.8. The monoisotopic (exact) mass is 412 g/mol. The van der Waals surface area contributed by atoms with Crippen LogP contribution < -0.4 is 4.74 Å². The van der Waals surface area contributed by atoms with Gasteiger partial charge in [0.2, 0.25) is 0 Å². The van der Waals surface area contributed by atoms with Gasteiger partial charge in [0.05, 0.1) is 18.2 Å². The molecule has 1 fully saturated rings. The number of carbonyl (C=O) groups excluding carboxylic acids is 1. The Bertz CT molecular complexity index is 743.